The van der Waals surface area contributed by atoms with E-state index in [1.807, 2.05) is 0 Å². The van der Waals surface area contributed by atoms with Gasteiger partial charge in [0.1, 0.15) is 0 Å². The summed E-state index contributed by atoms with van der Waals surface area (Å²) in [6, 6.07) is 0. The lowest BCUT2D eigenvalue weighted by Gasteiger charge is -2.24. The molecule has 0 amide bonds. The minimum Gasteiger partial charge on any atom is -0.0654 e. The Hall–Kier alpha value is 0. The van der Waals surface area contributed by atoms with E-state index in [2.05, 4.69) is 27.7 Å². The molecule has 2 aliphatic carbocycles. The fraction of sp³-hybridized carbons (Fsp3) is 0.950. The van der Waals surface area contributed by atoms with Gasteiger partial charge in [-0.3, -0.25) is 0 Å². The van der Waals surface area contributed by atoms with E-state index in [9.17, 15) is 0 Å². The van der Waals surface area contributed by atoms with Crippen molar-refractivity contribution < 1.29 is 0 Å². The van der Waals surface area contributed by atoms with Crippen molar-refractivity contribution in [2.75, 3.05) is 0 Å². The van der Waals surface area contributed by atoms with E-state index in [1.165, 1.54) is 77.0 Å². The zero-order valence-electron chi connectivity index (χ0n) is 14.7. The van der Waals surface area contributed by atoms with Crippen molar-refractivity contribution >= 4 is 0 Å². The number of hydrogen-bond donors (Lipinski definition) is 0. The maximum atomic E-state index is 2.45. The summed E-state index contributed by atoms with van der Waals surface area (Å²) in [5, 5.41) is 0. The lowest BCUT2D eigenvalue weighted by molar-refractivity contribution is 0.337. The van der Waals surface area contributed by atoms with Crippen molar-refractivity contribution in [3.8, 4) is 0 Å². The molecule has 0 aliphatic heterocycles. The van der Waals surface area contributed by atoms with Gasteiger partial charge in [0.2, 0.25) is 0 Å². The second kappa shape index (κ2) is 10.7. The molecule has 2 aliphatic rings. The van der Waals surface area contributed by atoms with E-state index in [4.69, 9.17) is 0 Å². The van der Waals surface area contributed by atoms with E-state index < -0.39 is 0 Å². The summed E-state index contributed by atoms with van der Waals surface area (Å²) in [4.78, 5) is 0. The fourth-order valence-corrected chi connectivity index (χ4v) is 3.97. The summed E-state index contributed by atoms with van der Waals surface area (Å²) in [7, 11) is 0. The highest BCUT2D eigenvalue weighted by Gasteiger charge is 2.20. The van der Waals surface area contributed by atoms with Crippen LogP contribution in [0.15, 0.2) is 0 Å². The Morgan fingerprint density at radius 3 is 1.90 bits per heavy atom. The van der Waals surface area contributed by atoms with Gasteiger partial charge in [0.15, 0.2) is 0 Å². The minimum absolute atomic E-state index is 0.971. The van der Waals surface area contributed by atoms with Crippen molar-refractivity contribution in [2.24, 2.45) is 17.8 Å². The van der Waals surface area contributed by atoms with E-state index >= 15 is 0 Å². The molecule has 0 N–H and O–H groups in total. The molecule has 0 aromatic carbocycles. The van der Waals surface area contributed by atoms with Crippen LogP contribution >= 0.6 is 0 Å². The van der Waals surface area contributed by atoms with Crippen molar-refractivity contribution in [2.45, 2.75) is 105 Å². The van der Waals surface area contributed by atoms with E-state index in [0.717, 1.165) is 17.8 Å². The van der Waals surface area contributed by atoms with Crippen LogP contribution in [0, 0.1) is 23.7 Å². The molecule has 0 bridgehead atoms. The van der Waals surface area contributed by atoms with Gasteiger partial charge < -0.3 is 0 Å². The zero-order chi connectivity index (χ0) is 14.8. The number of rotatable bonds is 5. The van der Waals surface area contributed by atoms with E-state index in [0.29, 0.717) is 0 Å². The summed E-state index contributed by atoms with van der Waals surface area (Å²) >= 11 is 0. The molecule has 2 rings (SSSR count). The standard InChI is InChI=1S/C11H22.C9H17/c1-3-4-7-10(2)11-8-5-6-9-11;1-8(2)9-6-4-3-5-7-9/h10-11H,3-9H2,1-2H3;9H,3-7H2,1-2H3. The smallest absolute Gasteiger partial charge is 0.0272 e. The van der Waals surface area contributed by atoms with Crippen LogP contribution in [-0.2, 0) is 0 Å². The second-order valence-corrected chi connectivity index (χ2v) is 7.58. The molecule has 20 heavy (non-hydrogen) atoms. The first-order chi connectivity index (χ1) is 9.65. The molecular weight excluding hydrogens is 240 g/mol. The van der Waals surface area contributed by atoms with Crippen LogP contribution in [0.3, 0.4) is 0 Å². The Bertz CT molecular complexity index is 206. The maximum Gasteiger partial charge on any atom is -0.0272 e. The van der Waals surface area contributed by atoms with E-state index in [-0.39, 0.29) is 0 Å². The van der Waals surface area contributed by atoms with Gasteiger partial charge in [-0.15, -0.1) is 0 Å². The van der Waals surface area contributed by atoms with Crippen molar-refractivity contribution in [1.29, 1.82) is 0 Å². The highest BCUT2D eigenvalue weighted by atomic mass is 14.3. The molecule has 1 unspecified atom stereocenters. The molecule has 0 spiro atoms. The topological polar surface area (TPSA) is 0 Å². The average molecular weight is 280 g/mol. The summed E-state index contributed by atoms with van der Waals surface area (Å²) < 4.78 is 0. The third-order valence-corrected chi connectivity index (χ3v) is 5.64. The molecule has 2 fully saturated rings. The first kappa shape index (κ1) is 18.1. The highest BCUT2D eigenvalue weighted by Crippen LogP contribution is 2.33. The van der Waals surface area contributed by atoms with Crippen LogP contribution in [0.4, 0.5) is 0 Å². The quantitative estimate of drug-likeness (QED) is 0.500. The summed E-state index contributed by atoms with van der Waals surface area (Å²) in [6.07, 6.45) is 17.7. The highest BCUT2D eigenvalue weighted by molar-refractivity contribution is 4.88. The Kier molecular flexibility index (Phi) is 9.65. The van der Waals surface area contributed by atoms with Crippen LogP contribution in [0.5, 0.6) is 0 Å². The third-order valence-electron chi connectivity index (χ3n) is 5.64. The van der Waals surface area contributed by atoms with Gasteiger partial charge >= 0.3 is 0 Å². The normalized spacial score (nSPS) is 22.6. The molecule has 0 aromatic rings. The summed E-state index contributed by atoms with van der Waals surface area (Å²) in [5.74, 6) is 4.72. The molecule has 0 nitrogen and oxygen atoms in total. The van der Waals surface area contributed by atoms with Gasteiger partial charge in [-0.1, -0.05) is 91.9 Å². The summed E-state index contributed by atoms with van der Waals surface area (Å²) in [6.45, 7) is 9.29. The molecule has 1 atom stereocenters. The molecule has 0 heterocycles. The zero-order valence-corrected chi connectivity index (χ0v) is 14.7. The Morgan fingerprint density at radius 2 is 1.45 bits per heavy atom. The maximum absolute atomic E-state index is 2.45. The van der Waals surface area contributed by atoms with Gasteiger partial charge in [-0.2, -0.15) is 0 Å². The van der Waals surface area contributed by atoms with Crippen LogP contribution in [0.1, 0.15) is 105 Å². The van der Waals surface area contributed by atoms with Crippen LogP contribution in [0.25, 0.3) is 0 Å². The van der Waals surface area contributed by atoms with Crippen molar-refractivity contribution in [1.82, 2.24) is 0 Å². The van der Waals surface area contributed by atoms with Gasteiger partial charge in [-0.25, -0.2) is 0 Å². The predicted molar refractivity (Wildman–Crippen MR) is 91.8 cm³/mol. The van der Waals surface area contributed by atoms with Crippen LogP contribution in [0.2, 0.25) is 0 Å². The van der Waals surface area contributed by atoms with Gasteiger partial charge in [0.25, 0.3) is 0 Å². The fourth-order valence-electron chi connectivity index (χ4n) is 3.97. The number of hydrogen-bond acceptors (Lipinski definition) is 0. The predicted octanol–water partition coefficient (Wildman–Crippen LogP) is 7.18. The minimum atomic E-state index is 0.971. The molecule has 0 heteroatoms. The second-order valence-electron chi connectivity index (χ2n) is 7.58. The Morgan fingerprint density at radius 1 is 0.900 bits per heavy atom. The molecule has 0 aromatic heterocycles. The molecule has 0 saturated heterocycles. The van der Waals surface area contributed by atoms with E-state index in [1.54, 1.807) is 5.92 Å². The Balaban J connectivity index is 0.000000204. The average Bonchev–Trinajstić information content (AvgIpc) is 3.00. The molecule has 1 radical (unpaired) electrons. The first-order valence-corrected chi connectivity index (χ1v) is 9.45. The monoisotopic (exact) mass is 279 g/mol. The number of unbranched alkanes of at least 4 members (excludes halogenated alkanes) is 1. The SMILES string of the molecule is CCCCC(C)C1CCCC1.C[C](C)C1CCCCC1. The Labute approximate surface area is 129 Å². The molecule has 2 saturated carbocycles. The lowest BCUT2D eigenvalue weighted by Crippen LogP contribution is -2.10. The summed E-state index contributed by atoms with van der Waals surface area (Å²) in [5.41, 5.74) is 0. The van der Waals surface area contributed by atoms with Crippen molar-refractivity contribution in [3.05, 3.63) is 5.92 Å². The van der Waals surface area contributed by atoms with Gasteiger partial charge in [0, 0.05) is 0 Å². The largest absolute Gasteiger partial charge is 0.0654 e. The molecular formula is C20H39. The van der Waals surface area contributed by atoms with Gasteiger partial charge in [0.05, 0.1) is 0 Å². The lowest BCUT2D eigenvalue weighted by atomic mass is 9.82. The van der Waals surface area contributed by atoms with Gasteiger partial charge in [-0.05, 0) is 36.5 Å². The van der Waals surface area contributed by atoms with Crippen molar-refractivity contribution in [3.63, 3.8) is 0 Å². The first-order valence-electron chi connectivity index (χ1n) is 9.45. The van der Waals surface area contributed by atoms with Crippen LogP contribution < -0.4 is 0 Å². The van der Waals surface area contributed by atoms with Crippen LogP contribution in [-0.4, -0.2) is 0 Å². The molecule has 119 valence electrons. The third kappa shape index (κ3) is 7.14.